The lowest BCUT2D eigenvalue weighted by Crippen LogP contribution is -2.24. The van der Waals surface area contributed by atoms with E-state index in [0.29, 0.717) is 5.52 Å². The summed E-state index contributed by atoms with van der Waals surface area (Å²) in [7, 11) is 0. The molecule has 0 radical (unpaired) electrons. The van der Waals surface area contributed by atoms with Crippen molar-refractivity contribution in [2.24, 2.45) is 0 Å². The fraction of sp³-hybridized carbons (Fsp3) is 0.400. The van der Waals surface area contributed by atoms with Crippen LogP contribution in [-0.4, -0.2) is 23.2 Å². The third kappa shape index (κ3) is 2.55. The lowest BCUT2D eigenvalue weighted by molar-refractivity contribution is 0.480. The summed E-state index contributed by atoms with van der Waals surface area (Å²) in [5.41, 5.74) is 0.685. The van der Waals surface area contributed by atoms with Crippen molar-refractivity contribution in [2.75, 3.05) is 18.0 Å². The van der Waals surface area contributed by atoms with Gasteiger partial charge in [-0.05, 0) is 31.5 Å². The van der Waals surface area contributed by atoms with E-state index in [-0.39, 0.29) is 5.75 Å². The summed E-state index contributed by atoms with van der Waals surface area (Å²) in [6.45, 7) is 6.27. The maximum absolute atomic E-state index is 9.85. The van der Waals surface area contributed by atoms with Gasteiger partial charge in [0.1, 0.15) is 17.1 Å². The lowest BCUT2D eigenvalue weighted by Gasteiger charge is -2.22. The van der Waals surface area contributed by atoms with E-state index in [1.54, 1.807) is 6.07 Å². The normalized spacial score (nSPS) is 10.8. The van der Waals surface area contributed by atoms with Gasteiger partial charge in [-0.15, -0.1) is 0 Å². The Bertz CT molecular complexity index is 525. The zero-order chi connectivity index (χ0) is 13.0. The maximum Gasteiger partial charge on any atom is 0.141 e. The van der Waals surface area contributed by atoms with E-state index in [2.05, 4.69) is 23.7 Å². The molecule has 3 heteroatoms. The zero-order valence-corrected chi connectivity index (χ0v) is 11.1. The predicted octanol–water partition coefficient (Wildman–Crippen LogP) is 3.57. The Morgan fingerprint density at radius 3 is 2.72 bits per heavy atom. The molecule has 1 heterocycles. The molecule has 0 saturated heterocycles. The number of phenols is 1. The second-order valence-corrected chi connectivity index (χ2v) is 4.45. The minimum Gasteiger partial charge on any atom is -0.506 e. The van der Waals surface area contributed by atoms with Gasteiger partial charge >= 0.3 is 0 Å². The van der Waals surface area contributed by atoms with Crippen molar-refractivity contribution in [2.45, 2.75) is 26.7 Å². The van der Waals surface area contributed by atoms with Crippen molar-refractivity contribution in [1.29, 1.82) is 0 Å². The van der Waals surface area contributed by atoms with Crippen LogP contribution in [0.25, 0.3) is 10.9 Å². The third-order valence-corrected chi connectivity index (χ3v) is 3.17. The highest BCUT2D eigenvalue weighted by atomic mass is 16.3. The highest BCUT2D eigenvalue weighted by molar-refractivity contribution is 5.85. The molecule has 0 unspecified atom stereocenters. The molecule has 3 nitrogen and oxygen atoms in total. The molecule has 2 aromatic rings. The summed E-state index contributed by atoms with van der Waals surface area (Å²) in [5, 5.41) is 10.8. The summed E-state index contributed by atoms with van der Waals surface area (Å²) >= 11 is 0. The van der Waals surface area contributed by atoms with Gasteiger partial charge in [-0.2, -0.15) is 0 Å². The molecule has 2 rings (SSSR count). The molecule has 0 spiro atoms. The number of benzene rings is 1. The first-order valence-electron chi connectivity index (χ1n) is 6.60. The first-order chi connectivity index (χ1) is 8.76. The number of anilines is 1. The number of hydrogen-bond donors (Lipinski definition) is 1. The fourth-order valence-electron chi connectivity index (χ4n) is 2.08. The van der Waals surface area contributed by atoms with Gasteiger partial charge in [0.25, 0.3) is 0 Å². The molecule has 96 valence electrons. The van der Waals surface area contributed by atoms with Gasteiger partial charge in [-0.1, -0.05) is 25.5 Å². The quantitative estimate of drug-likeness (QED) is 0.873. The van der Waals surface area contributed by atoms with Crippen LogP contribution in [0.1, 0.15) is 26.7 Å². The van der Waals surface area contributed by atoms with Gasteiger partial charge < -0.3 is 10.0 Å². The average Bonchev–Trinajstić information content (AvgIpc) is 2.40. The molecule has 0 amide bonds. The molecule has 0 bridgehead atoms. The number of fused-ring (bicyclic) bond motifs is 1. The van der Waals surface area contributed by atoms with Crippen molar-refractivity contribution < 1.29 is 5.11 Å². The summed E-state index contributed by atoms with van der Waals surface area (Å²) in [5.74, 6) is 1.20. The first-order valence-corrected chi connectivity index (χ1v) is 6.60. The maximum atomic E-state index is 9.85. The predicted molar refractivity (Wildman–Crippen MR) is 76.2 cm³/mol. The van der Waals surface area contributed by atoms with Crippen LogP contribution < -0.4 is 4.90 Å². The van der Waals surface area contributed by atoms with E-state index in [9.17, 15) is 5.11 Å². The van der Waals surface area contributed by atoms with Crippen molar-refractivity contribution >= 4 is 16.7 Å². The first kappa shape index (κ1) is 12.7. The average molecular weight is 244 g/mol. The molecule has 0 saturated carbocycles. The number of aromatic nitrogens is 1. The summed E-state index contributed by atoms with van der Waals surface area (Å²) < 4.78 is 0. The molecule has 0 aliphatic rings. The number of hydrogen-bond acceptors (Lipinski definition) is 3. The van der Waals surface area contributed by atoms with Crippen LogP contribution in [-0.2, 0) is 0 Å². The SMILES string of the molecule is CCCCN(CC)c1ccc2cccc(O)c2n1. The van der Waals surface area contributed by atoms with Gasteiger partial charge in [-0.3, -0.25) is 0 Å². The standard InChI is InChI=1S/C15H20N2O/c1-3-5-11-17(4-2)14-10-9-12-7-6-8-13(18)15(12)16-14/h6-10,18H,3-5,11H2,1-2H3. The van der Waals surface area contributed by atoms with Gasteiger partial charge in [-0.25, -0.2) is 4.98 Å². The smallest absolute Gasteiger partial charge is 0.141 e. The van der Waals surface area contributed by atoms with E-state index >= 15 is 0 Å². The van der Waals surface area contributed by atoms with E-state index in [4.69, 9.17) is 0 Å². The second-order valence-electron chi connectivity index (χ2n) is 4.45. The molecule has 1 aromatic carbocycles. The second kappa shape index (κ2) is 5.71. The zero-order valence-electron chi connectivity index (χ0n) is 11.1. The Hall–Kier alpha value is -1.77. The molecule has 1 N–H and O–H groups in total. The number of phenolic OH excluding ortho intramolecular Hbond substituents is 1. The minimum absolute atomic E-state index is 0.251. The summed E-state index contributed by atoms with van der Waals surface area (Å²) in [6.07, 6.45) is 2.34. The van der Waals surface area contributed by atoms with E-state index in [1.807, 2.05) is 24.3 Å². The molecule has 18 heavy (non-hydrogen) atoms. The number of aromatic hydroxyl groups is 1. The van der Waals surface area contributed by atoms with E-state index in [0.717, 1.165) is 30.7 Å². The van der Waals surface area contributed by atoms with Gasteiger partial charge in [0.2, 0.25) is 0 Å². The largest absolute Gasteiger partial charge is 0.506 e. The molecule has 0 aliphatic carbocycles. The molecule has 1 aromatic heterocycles. The molecule has 0 atom stereocenters. The third-order valence-electron chi connectivity index (χ3n) is 3.17. The summed E-state index contributed by atoms with van der Waals surface area (Å²) in [4.78, 5) is 6.82. The molecular formula is C15H20N2O. The molecular weight excluding hydrogens is 224 g/mol. The summed E-state index contributed by atoms with van der Waals surface area (Å²) in [6, 6.07) is 9.54. The number of para-hydroxylation sites is 1. The van der Waals surface area contributed by atoms with Crippen molar-refractivity contribution in [3.05, 3.63) is 30.3 Å². The monoisotopic (exact) mass is 244 g/mol. The topological polar surface area (TPSA) is 36.4 Å². The Kier molecular flexibility index (Phi) is 4.03. The Morgan fingerprint density at radius 1 is 1.17 bits per heavy atom. The van der Waals surface area contributed by atoms with Crippen molar-refractivity contribution in [3.8, 4) is 5.75 Å². The van der Waals surface area contributed by atoms with Crippen LogP contribution in [0.2, 0.25) is 0 Å². The van der Waals surface area contributed by atoms with Gasteiger partial charge in [0, 0.05) is 18.5 Å². The minimum atomic E-state index is 0.251. The van der Waals surface area contributed by atoms with Crippen molar-refractivity contribution in [3.63, 3.8) is 0 Å². The molecule has 0 aliphatic heterocycles. The van der Waals surface area contributed by atoms with Crippen LogP contribution in [0.4, 0.5) is 5.82 Å². The van der Waals surface area contributed by atoms with E-state index < -0.39 is 0 Å². The van der Waals surface area contributed by atoms with Crippen LogP contribution >= 0.6 is 0 Å². The Morgan fingerprint density at radius 2 is 2.00 bits per heavy atom. The fourth-order valence-corrected chi connectivity index (χ4v) is 2.08. The van der Waals surface area contributed by atoms with Crippen LogP contribution in [0.3, 0.4) is 0 Å². The lowest BCUT2D eigenvalue weighted by atomic mass is 10.2. The highest BCUT2D eigenvalue weighted by Gasteiger charge is 2.07. The van der Waals surface area contributed by atoms with Crippen molar-refractivity contribution in [1.82, 2.24) is 4.98 Å². The number of pyridine rings is 1. The van der Waals surface area contributed by atoms with Gasteiger partial charge in [0.15, 0.2) is 0 Å². The van der Waals surface area contributed by atoms with Crippen LogP contribution in [0, 0.1) is 0 Å². The number of rotatable bonds is 5. The van der Waals surface area contributed by atoms with Crippen LogP contribution in [0.15, 0.2) is 30.3 Å². The molecule has 0 fully saturated rings. The number of nitrogens with zero attached hydrogens (tertiary/aromatic N) is 2. The number of unbranched alkanes of at least 4 members (excludes halogenated alkanes) is 1. The Balaban J connectivity index is 2.35. The van der Waals surface area contributed by atoms with Gasteiger partial charge in [0.05, 0.1) is 0 Å². The Labute approximate surface area is 108 Å². The van der Waals surface area contributed by atoms with Crippen LogP contribution in [0.5, 0.6) is 5.75 Å². The van der Waals surface area contributed by atoms with E-state index in [1.165, 1.54) is 6.42 Å². The highest BCUT2D eigenvalue weighted by Crippen LogP contribution is 2.25.